The molecule has 3 nitrogen and oxygen atoms in total. The zero-order valence-corrected chi connectivity index (χ0v) is 8.47. The molecule has 14 heavy (non-hydrogen) atoms. The van der Waals surface area contributed by atoms with Crippen molar-refractivity contribution in [3.63, 3.8) is 0 Å². The molecule has 0 spiro atoms. The van der Waals surface area contributed by atoms with Crippen LogP contribution in [0.15, 0.2) is 0 Å². The van der Waals surface area contributed by atoms with E-state index in [1.54, 1.807) is 0 Å². The summed E-state index contributed by atoms with van der Waals surface area (Å²) in [5.41, 5.74) is 0. The van der Waals surface area contributed by atoms with Gasteiger partial charge in [0.1, 0.15) is 6.04 Å². The third-order valence-electron chi connectivity index (χ3n) is 2.27. The number of carbonyl (C=O) groups is 1. The van der Waals surface area contributed by atoms with E-state index in [-0.39, 0.29) is 12.4 Å². The molecule has 1 N–H and O–H groups in total. The lowest BCUT2D eigenvalue weighted by molar-refractivity contribution is -0.145. The third kappa shape index (κ3) is 3.75. The van der Waals surface area contributed by atoms with Gasteiger partial charge >= 0.3 is 5.97 Å². The van der Waals surface area contributed by atoms with Crippen molar-refractivity contribution in [2.45, 2.75) is 31.7 Å². The smallest absolute Gasteiger partial charge is 0.320 e. The Labute approximate surface area is 87.5 Å². The summed E-state index contributed by atoms with van der Waals surface area (Å²) < 4.78 is 24.0. The van der Waals surface area contributed by atoms with Crippen molar-refractivity contribution in [1.82, 2.24) is 4.90 Å². The summed E-state index contributed by atoms with van der Waals surface area (Å²) in [5.74, 6) is -0.986. The molecule has 0 saturated carbocycles. The second-order valence-corrected chi connectivity index (χ2v) is 3.24. The molecule has 1 aliphatic rings. The largest absolute Gasteiger partial charge is 0.480 e. The summed E-state index contributed by atoms with van der Waals surface area (Å²) in [7, 11) is 0. The number of alkyl halides is 2. The number of nitrogens with zero attached hydrogens (tertiary/aromatic N) is 1. The van der Waals surface area contributed by atoms with Crippen LogP contribution in [0.5, 0.6) is 0 Å². The van der Waals surface area contributed by atoms with Crippen LogP contribution in [0.3, 0.4) is 0 Å². The molecule has 0 aliphatic carbocycles. The van der Waals surface area contributed by atoms with Crippen molar-refractivity contribution in [2.75, 3.05) is 13.1 Å². The first-order chi connectivity index (χ1) is 6.11. The van der Waals surface area contributed by atoms with Crippen LogP contribution >= 0.6 is 12.4 Å². The van der Waals surface area contributed by atoms with Crippen LogP contribution in [-0.4, -0.2) is 41.5 Å². The van der Waals surface area contributed by atoms with Crippen LogP contribution in [0.25, 0.3) is 0 Å². The van der Waals surface area contributed by atoms with Crippen LogP contribution in [0.4, 0.5) is 8.78 Å². The minimum absolute atomic E-state index is 0. The van der Waals surface area contributed by atoms with Gasteiger partial charge in [-0.15, -0.1) is 12.4 Å². The van der Waals surface area contributed by atoms with E-state index in [0.29, 0.717) is 13.0 Å². The predicted octanol–water partition coefficient (Wildman–Crippen LogP) is 1.61. The van der Waals surface area contributed by atoms with Crippen LogP contribution < -0.4 is 0 Å². The standard InChI is InChI=1S/C8H13F2NO2.ClH/c9-7(10)5-11-4-2-1-3-6(11)8(12)13;/h6-7H,1-5H2,(H,12,13);1H/t6-;/m0./s1. The van der Waals surface area contributed by atoms with E-state index in [2.05, 4.69) is 0 Å². The van der Waals surface area contributed by atoms with Gasteiger partial charge in [-0.3, -0.25) is 9.69 Å². The van der Waals surface area contributed by atoms with E-state index >= 15 is 0 Å². The summed E-state index contributed by atoms with van der Waals surface area (Å²) in [6.07, 6.45) is -0.324. The fourth-order valence-corrected chi connectivity index (χ4v) is 1.67. The van der Waals surface area contributed by atoms with Crippen molar-refractivity contribution in [1.29, 1.82) is 0 Å². The first kappa shape index (κ1) is 13.6. The zero-order chi connectivity index (χ0) is 9.84. The summed E-state index contributed by atoms with van der Waals surface area (Å²) >= 11 is 0. The normalized spacial score (nSPS) is 23.2. The monoisotopic (exact) mass is 229 g/mol. The van der Waals surface area contributed by atoms with Crippen molar-refractivity contribution in [3.05, 3.63) is 0 Å². The van der Waals surface area contributed by atoms with Gasteiger partial charge in [-0.2, -0.15) is 0 Å². The topological polar surface area (TPSA) is 40.5 Å². The van der Waals surface area contributed by atoms with Crippen molar-refractivity contribution >= 4 is 18.4 Å². The van der Waals surface area contributed by atoms with E-state index in [0.717, 1.165) is 12.8 Å². The highest BCUT2D eigenvalue weighted by Gasteiger charge is 2.29. The number of piperidine rings is 1. The number of carboxylic acid groups (broad SMARTS) is 1. The summed E-state index contributed by atoms with van der Waals surface area (Å²) in [5, 5.41) is 8.73. The Morgan fingerprint density at radius 1 is 1.50 bits per heavy atom. The van der Waals surface area contributed by atoms with Gasteiger partial charge < -0.3 is 5.11 Å². The number of halogens is 3. The van der Waals surface area contributed by atoms with Gasteiger partial charge in [-0.05, 0) is 19.4 Å². The van der Waals surface area contributed by atoms with Gasteiger partial charge in [0.25, 0.3) is 6.43 Å². The quantitative estimate of drug-likeness (QED) is 0.800. The number of carboxylic acids is 1. The molecular weight excluding hydrogens is 216 g/mol. The highest BCUT2D eigenvalue weighted by Crippen LogP contribution is 2.17. The molecule has 0 bridgehead atoms. The Morgan fingerprint density at radius 3 is 2.64 bits per heavy atom. The minimum Gasteiger partial charge on any atom is -0.480 e. The van der Waals surface area contributed by atoms with Crippen LogP contribution in [0.2, 0.25) is 0 Å². The third-order valence-corrected chi connectivity index (χ3v) is 2.27. The number of hydrogen-bond acceptors (Lipinski definition) is 2. The van der Waals surface area contributed by atoms with Gasteiger partial charge in [-0.1, -0.05) is 6.42 Å². The molecule has 84 valence electrons. The van der Waals surface area contributed by atoms with Gasteiger partial charge in [0.05, 0.1) is 6.54 Å². The summed E-state index contributed by atoms with van der Waals surface area (Å²) in [6.45, 7) is 0.0538. The molecule has 1 rings (SSSR count). The number of rotatable bonds is 3. The van der Waals surface area contributed by atoms with Gasteiger partial charge in [0.15, 0.2) is 0 Å². The van der Waals surface area contributed by atoms with E-state index in [1.165, 1.54) is 4.90 Å². The molecule has 0 unspecified atom stereocenters. The highest BCUT2D eigenvalue weighted by molar-refractivity contribution is 5.85. The van der Waals surface area contributed by atoms with Crippen LogP contribution in [0, 0.1) is 0 Å². The molecule has 1 atom stereocenters. The molecule has 0 aromatic carbocycles. The van der Waals surface area contributed by atoms with Crippen molar-refractivity contribution in [2.24, 2.45) is 0 Å². The average molecular weight is 230 g/mol. The lowest BCUT2D eigenvalue weighted by Crippen LogP contribution is -2.46. The Kier molecular flexibility index (Phi) is 5.95. The first-order valence-corrected chi connectivity index (χ1v) is 4.36. The molecule has 1 aliphatic heterocycles. The molecule has 0 aromatic rings. The first-order valence-electron chi connectivity index (χ1n) is 4.36. The number of likely N-dealkylation sites (tertiary alicyclic amines) is 1. The van der Waals surface area contributed by atoms with Gasteiger partial charge in [-0.25, -0.2) is 8.78 Å². The average Bonchev–Trinajstić information content (AvgIpc) is 2.03. The molecular formula is C8H14ClF2NO2. The second-order valence-electron chi connectivity index (χ2n) is 3.24. The predicted molar refractivity (Wildman–Crippen MR) is 50.1 cm³/mol. The van der Waals surface area contributed by atoms with Crippen molar-refractivity contribution < 1.29 is 18.7 Å². The Hall–Kier alpha value is -0.420. The van der Waals surface area contributed by atoms with Gasteiger partial charge in [0, 0.05) is 0 Å². The molecule has 6 heteroatoms. The number of aliphatic carboxylic acids is 1. The highest BCUT2D eigenvalue weighted by atomic mass is 35.5. The molecule has 1 heterocycles. The van der Waals surface area contributed by atoms with E-state index in [1.807, 2.05) is 0 Å². The molecule has 1 fully saturated rings. The molecule has 0 aromatic heterocycles. The lowest BCUT2D eigenvalue weighted by atomic mass is 10.0. The minimum atomic E-state index is -2.44. The molecule has 0 radical (unpaired) electrons. The Balaban J connectivity index is 0.00000169. The number of hydrogen-bond donors (Lipinski definition) is 1. The van der Waals surface area contributed by atoms with Crippen LogP contribution in [0.1, 0.15) is 19.3 Å². The van der Waals surface area contributed by atoms with Gasteiger partial charge in [0.2, 0.25) is 0 Å². The van der Waals surface area contributed by atoms with Crippen molar-refractivity contribution in [3.8, 4) is 0 Å². The summed E-state index contributed by atoms with van der Waals surface area (Å²) in [4.78, 5) is 12.0. The Bertz CT molecular complexity index is 192. The fraction of sp³-hybridized carbons (Fsp3) is 0.875. The maximum absolute atomic E-state index is 12.0. The lowest BCUT2D eigenvalue weighted by Gasteiger charge is -2.32. The van der Waals surface area contributed by atoms with E-state index < -0.39 is 25.0 Å². The molecule has 1 saturated heterocycles. The second kappa shape index (κ2) is 6.14. The maximum Gasteiger partial charge on any atom is 0.320 e. The maximum atomic E-state index is 12.0. The van der Waals surface area contributed by atoms with Crippen LogP contribution in [-0.2, 0) is 4.79 Å². The van der Waals surface area contributed by atoms with E-state index in [4.69, 9.17) is 5.11 Å². The molecule has 0 amide bonds. The Morgan fingerprint density at radius 2 is 2.14 bits per heavy atom. The van der Waals surface area contributed by atoms with E-state index in [9.17, 15) is 13.6 Å². The zero-order valence-electron chi connectivity index (χ0n) is 7.66. The summed E-state index contributed by atoms with van der Waals surface area (Å²) in [6, 6.07) is -0.706. The fourth-order valence-electron chi connectivity index (χ4n) is 1.67. The SMILES string of the molecule is Cl.O=C(O)[C@@H]1CCCCN1CC(F)F.